The summed E-state index contributed by atoms with van der Waals surface area (Å²) in [5.41, 5.74) is 0.602. The molecule has 0 aliphatic heterocycles. The minimum absolute atomic E-state index is 0. The normalized spacial score (nSPS) is 37.5. The third-order valence-electron chi connectivity index (χ3n) is 5.74. The predicted octanol–water partition coefficient (Wildman–Crippen LogP) is 2.74. The van der Waals surface area contributed by atoms with Gasteiger partial charge in [-0.15, -0.1) is 12.4 Å². The van der Waals surface area contributed by atoms with Gasteiger partial charge < -0.3 is 10.6 Å². The van der Waals surface area contributed by atoms with Crippen molar-refractivity contribution in [2.24, 2.45) is 23.2 Å². The number of halogens is 1. The van der Waals surface area contributed by atoms with Crippen molar-refractivity contribution in [1.82, 2.24) is 10.6 Å². The zero-order chi connectivity index (χ0) is 13.3. The van der Waals surface area contributed by atoms with Gasteiger partial charge in [0, 0.05) is 19.5 Å². The summed E-state index contributed by atoms with van der Waals surface area (Å²) >= 11 is 0. The van der Waals surface area contributed by atoms with E-state index in [1.165, 1.54) is 44.9 Å². The molecule has 4 rings (SSSR count). The lowest BCUT2D eigenvalue weighted by Gasteiger charge is -2.57. The van der Waals surface area contributed by atoms with Gasteiger partial charge in [0.2, 0.25) is 5.91 Å². The Morgan fingerprint density at radius 2 is 1.60 bits per heavy atom. The van der Waals surface area contributed by atoms with Crippen LogP contribution < -0.4 is 10.6 Å². The van der Waals surface area contributed by atoms with E-state index in [1.807, 2.05) is 7.05 Å². The maximum Gasteiger partial charge on any atom is 0.221 e. The largest absolute Gasteiger partial charge is 0.356 e. The van der Waals surface area contributed by atoms with E-state index < -0.39 is 0 Å². The van der Waals surface area contributed by atoms with E-state index in [0.717, 1.165) is 30.8 Å². The van der Waals surface area contributed by atoms with Crippen molar-refractivity contribution < 1.29 is 4.79 Å². The first kappa shape index (κ1) is 16.1. The third-order valence-corrected chi connectivity index (χ3v) is 5.74. The van der Waals surface area contributed by atoms with E-state index >= 15 is 0 Å². The monoisotopic (exact) mass is 300 g/mol. The van der Waals surface area contributed by atoms with Crippen LogP contribution in [0.3, 0.4) is 0 Å². The van der Waals surface area contributed by atoms with Crippen LogP contribution in [0.2, 0.25) is 0 Å². The van der Waals surface area contributed by atoms with Gasteiger partial charge in [-0.05, 0) is 75.2 Å². The first-order valence-electron chi connectivity index (χ1n) is 8.10. The van der Waals surface area contributed by atoms with Crippen molar-refractivity contribution in [3.63, 3.8) is 0 Å². The predicted molar refractivity (Wildman–Crippen MR) is 84.0 cm³/mol. The Morgan fingerprint density at radius 3 is 2.10 bits per heavy atom. The molecule has 3 nitrogen and oxygen atoms in total. The smallest absolute Gasteiger partial charge is 0.221 e. The van der Waals surface area contributed by atoms with Crippen LogP contribution in [0.25, 0.3) is 0 Å². The second-order valence-corrected chi connectivity index (χ2v) is 7.37. The fourth-order valence-corrected chi connectivity index (χ4v) is 5.39. The second kappa shape index (κ2) is 6.65. The molecular weight excluding hydrogens is 272 g/mol. The maximum absolute atomic E-state index is 11.6. The molecule has 116 valence electrons. The summed E-state index contributed by atoms with van der Waals surface area (Å²) in [5, 5.41) is 6.14. The van der Waals surface area contributed by atoms with Crippen molar-refractivity contribution in [2.45, 2.75) is 51.4 Å². The topological polar surface area (TPSA) is 41.1 Å². The molecule has 4 aliphatic carbocycles. The zero-order valence-corrected chi connectivity index (χ0v) is 13.4. The number of carbonyl (C=O) groups is 1. The Hall–Kier alpha value is -0.280. The first-order chi connectivity index (χ1) is 9.19. The van der Waals surface area contributed by atoms with Gasteiger partial charge in [-0.1, -0.05) is 0 Å². The molecule has 0 unspecified atom stereocenters. The minimum atomic E-state index is 0. The average molecular weight is 301 g/mol. The second-order valence-electron chi connectivity index (χ2n) is 7.37. The van der Waals surface area contributed by atoms with Crippen molar-refractivity contribution in [3.05, 3.63) is 0 Å². The molecule has 4 bridgehead atoms. The first-order valence-corrected chi connectivity index (χ1v) is 8.10. The van der Waals surface area contributed by atoms with Gasteiger partial charge in [0.1, 0.15) is 0 Å². The molecule has 0 saturated heterocycles. The molecule has 1 amide bonds. The van der Waals surface area contributed by atoms with Crippen LogP contribution in [-0.4, -0.2) is 26.0 Å². The van der Waals surface area contributed by atoms with Gasteiger partial charge in [0.05, 0.1) is 0 Å². The average Bonchev–Trinajstić information content (AvgIpc) is 2.34. The van der Waals surface area contributed by atoms with Crippen LogP contribution in [0, 0.1) is 23.2 Å². The van der Waals surface area contributed by atoms with Crippen LogP contribution in [0.15, 0.2) is 0 Å². The lowest BCUT2D eigenvalue weighted by Crippen LogP contribution is -2.47. The van der Waals surface area contributed by atoms with E-state index in [4.69, 9.17) is 0 Å². The Balaban J connectivity index is 0.00000147. The van der Waals surface area contributed by atoms with Crippen LogP contribution in [0.1, 0.15) is 51.4 Å². The van der Waals surface area contributed by atoms with E-state index in [2.05, 4.69) is 10.6 Å². The lowest BCUT2D eigenvalue weighted by atomic mass is 9.49. The molecule has 0 heterocycles. The summed E-state index contributed by atoms with van der Waals surface area (Å²) in [6.45, 7) is 1.68. The molecule has 20 heavy (non-hydrogen) atoms. The highest BCUT2D eigenvalue weighted by atomic mass is 35.5. The Labute approximate surface area is 129 Å². The molecule has 0 radical (unpaired) electrons. The lowest BCUT2D eigenvalue weighted by molar-refractivity contribution is -0.121. The van der Waals surface area contributed by atoms with Gasteiger partial charge >= 0.3 is 0 Å². The highest BCUT2D eigenvalue weighted by molar-refractivity contribution is 5.85. The number of nitrogens with one attached hydrogen (secondary N) is 2. The van der Waals surface area contributed by atoms with E-state index in [1.54, 1.807) is 0 Å². The maximum atomic E-state index is 11.6. The van der Waals surface area contributed by atoms with Crippen LogP contribution >= 0.6 is 12.4 Å². The van der Waals surface area contributed by atoms with E-state index in [0.29, 0.717) is 11.8 Å². The highest BCUT2D eigenvalue weighted by Gasteiger charge is 2.50. The molecule has 4 fully saturated rings. The molecule has 0 atom stereocenters. The van der Waals surface area contributed by atoms with Crippen molar-refractivity contribution in [1.29, 1.82) is 0 Å². The highest BCUT2D eigenvalue weighted by Crippen LogP contribution is 2.61. The SMILES string of the molecule is CNCCC(=O)NCCC12CC3CC(CC(C3)C1)C2.Cl. The molecule has 0 aromatic rings. The number of carbonyl (C=O) groups excluding carboxylic acids is 1. The van der Waals surface area contributed by atoms with Gasteiger partial charge in [-0.3, -0.25) is 4.79 Å². The molecule has 4 heteroatoms. The summed E-state index contributed by atoms with van der Waals surface area (Å²) in [7, 11) is 1.89. The zero-order valence-electron chi connectivity index (χ0n) is 12.6. The van der Waals surface area contributed by atoms with Crippen molar-refractivity contribution in [2.75, 3.05) is 20.1 Å². The van der Waals surface area contributed by atoms with E-state index in [-0.39, 0.29) is 18.3 Å². The molecule has 0 aromatic carbocycles. The number of hydrogen-bond donors (Lipinski definition) is 2. The number of hydrogen-bond acceptors (Lipinski definition) is 2. The molecule has 4 aliphatic rings. The van der Waals surface area contributed by atoms with Gasteiger partial charge in [-0.2, -0.15) is 0 Å². The molecule has 4 saturated carbocycles. The standard InChI is InChI=1S/C16H28N2O.ClH/c1-17-4-2-15(19)18-5-3-16-9-12-6-13(10-16)8-14(7-12)11-16;/h12-14,17H,2-11H2,1H3,(H,18,19);1H. The third kappa shape index (κ3) is 3.48. The Morgan fingerprint density at radius 1 is 1.05 bits per heavy atom. The molecule has 0 spiro atoms. The number of rotatable bonds is 6. The number of amides is 1. The Bertz CT molecular complexity index is 310. The van der Waals surface area contributed by atoms with Crippen molar-refractivity contribution >= 4 is 18.3 Å². The van der Waals surface area contributed by atoms with E-state index in [9.17, 15) is 4.79 Å². The summed E-state index contributed by atoms with van der Waals surface area (Å²) in [5.74, 6) is 3.27. The van der Waals surface area contributed by atoms with Gasteiger partial charge in [-0.25, -0.2) is 0 Å². The molecule has 0 aromatic heterocycles. The van der Waals surface area contributed by atoms with Gasteiger partial charge in [0.25, 0.3) is 0 Å². The van der Waals surface area contributed by atoms with Crippen LogP contribution in [0.5, 0.6) is 0 Å². The van der Waals surface area contributed by atoms with Crippen LogP contribution in [0.4, 0.5) is 0 Å². The quantitative estimate of drug-likeness (QED) is 0.792. The molecule has 2 N–H and O–H groups in total. The van der Waals surface area contributed by atoms with Crippen molar-refractivity contribution in [3.8, 4) is 0 Å². The fraction of sp³-hybridized carbons (Fsp3) is 0.938. The summed E-state index contributed by atoms with van der Waals surface area (Å²) in [6, 6.07) is 0. The minimum Gasteiger partial charge on any atom is -0.356 e. The summed E-state index contributed by atoms with van der Waals surface area (Å²) in [6.07, 6.45) is 10.7. The fourth-order valence-electron chi connectivity index (χ4n) is 5.39. The summed E-state index contributed by atoms with van der Waals surface area (Å²) < 4.78 is 0. The summed E-state index contributed by atoms with van der Waals surface area (Å²) in [4.78, 5) is 11.6. The van der Waals surface area contributed by atoms with Crippen LogP contribution in [-0.2, 0) is 4.79 Å². The Kier molecular flexibility index (Phi) is 5.36. The van der Waals surface area contributed by atoms with Gasteiger partial charge in [0.15, 0.2) is 0 Å². The molecular formula is C16H29ClN2O.